The van der Waals surface area contributed by atoms with E-state index in [2.05, 4.69) is 14.7 Å². The third-order valence-electron chi connectivity index (χ3n) is 2.54. The molecule has 0 aliphatic rings. The van der Waals surface area contributed by atoms with E-state index in [1.807, 2.05) is 6.92 Å². The van der Waals surface area contributed by atoms with Gasteiger partial charge in [-0.25, -0.2) is 23.1 Å². The molecule has 0 aromatic carbocycles. The summed E-state index contributed by atoms with van der Waals surface area (Å²) in [5, 5.41) is 2.59. The maximum atomic E-state index is 12.3. The molecule has 6 nitrogen and oxygen atoms in total. The number of nitrogens with zero attached hydrogens (tertiary/aromatic N) is 3. The summed E-state index contributed by atoms with van der Waals surface area (Å²) < 4.78 is 28.7. The summed E-state index contributed by atoms with van der Waals surface area (Å²) >= 11 is 8.69. The van der Waals surface area contributed by atoms with Gasteiger partial charge < -0.3 is 0 Å². The number of halogens is 1. The van der Waals surface area contributed by atoms with E-state index in [0.717, 1.165) is 9.88 Å². The van der Waals surface area contributed by atoms with Crippen molar-refractivity contribution in [2.75, 3.05) is 0 Å². The van der Waals surface area contributed by atoms with Gasteiger partial charge in [0.25, 0.3) is 10.0 Å². The van der Waals surface area contributed by atoms with Crippen LogP contribution in [-0.2, 0) is 16.6 Å². The lowest BCUT2D eigenvalue weighted by Gasteiger charge is -2.04. The fourth-order valence-corrected chi connectivity index (χ4v) is 4.98. The van der Waals surface area contributed by atoms with Gasteiger partial charge in [0.1, 0.15) is 0 Å². The zero-order valence-corrected chi connectivity index (χ0v) is 13.4. The van der Waals surface area contributed by atoms with Crippen molar-refractivity contribution in [1.29, 1.82) is 0 Å². The van der Waals surface area contributed by atoms with Crippen molar-refractivity contribution in [3.8, 4) is 0 Å². The molecule has 0 aliphatic carbocycles. The van der Waals surface area contributed by atoms with Crippen LogP contribution in [0.25, 0.3) is 4.96 Å². The van der Waals surface area contributed by atoms with Crippen molar-refractivity contribution >= 4 is 49.3 Å². The largest absolute Gasteiger partial charge is 0.279 e. The molecule has 0 saturated carbocycles. The number of hydrogen-bond acceptors (Lipinski definition) is 6. The van der Waals surface area contributed by atoms with Crippen molar-refractivity contribution in [3.05, 3.63) is 32.8 Å². The highest BCUT2D eigenvalue weighted by atomic mass is 35.5. The van der Waals surface area contributed by atoms with Crippen LogP contribution in [0.4, 0.5) is 0 Å². The second-order valence-electron chi connectivity index (χ2n) is 3.93. The van der Waals surface area contributed by atoms with E-state index in [4.69, 9.17) is 11.6 Å². The summed E-state index contributed by atoms with van der Waals surface area (Å²) in [4.78, 5) is 9.48. The van der Waals surface area contributed by atoms with Gasteiger partial charge in [-0.2, -0.15) is 0 Å². The highest BCUT2D eigenvalue weighted by Crippen LogP contribution is 2.25. The minimum absolute atomic E-state index is 0.0233. The average molecular weight is 349 g/mol. The van der Waals surface area contributed by atoms with E-state index >= 15 is 0 Å². The quantitative estimate of drug-likeness (QED) is 0.784. The molecule has 106 valence electrons. The Hall–Kier alpha value is -1.00. The number of rotatable bonds is 4. The van der Waals surface area contributed by atoms with Gasteiger partial charge in [0.05, 0.1) is 5.01 Å². The number of aromatic nitrogens is 3. The van der Waals surface area contributed by atoms with E-state index in [1.54, 1.807) is 17.8 Å². The monoisotopic (exact) mass is 348 g/mol. The molecular weight excluding hydrogens is 340 g/mol. The van der Waals surface area contributed by atoms with E-state index in [-0.39, 0.29) is 16.7 Å². The smallest absolute Gasteiger partial charge is 0.260 e. The maximum Gasteiger partial charge on any atom is 0.260 e. The van der Waals surface area contributed by atoms with E-state index in [1.165, 1.54) is 27.1 Å². The lowest BCUT2D eigenvalue weighted by Crippen LogP contribution is -2.24. The van der Waals surface area contributed by atoms with Crippen LogP contribution in [0.1, 0.15) is 9.88 Å². The Morgan fingerprint density at radius 1 is 1.50 bits per heavy atom. The van der Waals surface area contributed by atoms with Gasteiger partial charge >= 0.3 is 0 Å². The van der Waals surface area contributed by atoms with Gasteiger partial charge in [-0.3, -0.25) is 4.40 Å². The van der Waals surface area contributed by atoms with Crippen LogP contribution in [0, 0.1) is 6.92 Å². The Morgan fingerprint density at radius 2 is 2.30 bits per heavy atom. The highest BCUT2D eigenvalue weighted by molar-refractivity contribution is 7.89. The molecule has 3 rings (SSSR count). The van der Waals surface area contributed by atoms with Crippen LogP contribution >= 0.6 is 34.3 Å². The molecule has 0 atom stereocenters. The van der Waals surface area contributed by atoms with Crippen molar-refractivity contribution < 1.29 is 8.42 Å². The molecular formula is C10H9ClN4O2S3. The summed E-state index contributed by atoms with van der Waals surface area (Å²) in [5.41, 5.74) is 0. The van der Waals surface area contributed by atoms with Gasteiger partial charge in [-0.15, -0.1) is 22.7 Å². The molecule has 20 heavy (non-hydrogen) atoms. The van der Waals surface area contributed by atoms with Gasteiger partial charge in [-0.1, -0.05) is 11.6 Å². The molecule has 0 spiro atoms. The SMILES string of the molecule is Cc1ncc(CNS(=O)(=O)c2c(Cl)nc3sccn23)s1. The normalized spacial score (nSPS) is 12.3. The zero-order valence-electron chi connectivity index (χ0n) is 10.2. The molecule has 0 fully saturated rings. The fraction of sp³-hybridized carbons (Fsp3) is 0.200. The lowest BCUT2D eigenvalue weighted by molar-refractivity contribution is 0.577. The number of hydrogen-bond donors (Lipinski definition) is 1. The maximum absolute atomic E-state index is 12.3. The average Bonchev–Trinajstić information content (AvgIpc) is 3.02. The lowest BCUT2D eigenvalue weighted by atomic mass is 10.6. The first-order chi connectivity index (χ1) is 9.47. The van der Waals surface area contributed by atoms with Crippen LogP contribution in [0.15, 0.2) is 22.8 Å². The summed E-state index contributed by atoms with van der Waals surface area (Å²) in [6.45, 7) is 2.05. The first-order valence-electron chi connectivity index (χ1n) is 5.49. The minimum atomic E-state index is -3.73. The summed E-state index contributed by atoms with van der Waals surface area (Å²) in [6, 6.07) is 0. The third kappa shape index (κ3) is 2.47. The Labute approximate surface area is 128 Å². The first-order valence-corrected chi connectivity index (χ1v) is 9.05. The minimum Gasteiger partial charge on any atom is -0.279 e. The van der Waals surface area contributed by atoms with E-state index in [0.29, 0.717) is 4.96 Å². The van der Waals surface area contributed by atoms with Gasteiger partial charge in [0, 0.05) is 29.2 Å². The zero-order chi connectivity index (χ0) is 14.3. The molecule has 3 aromatic heterocycles. The molecule has 0 amide bonds. The summed E-state index contributed by atoms with van der Waals surface area (Å²) in [5.74, 6) is 0. The van der Waals surface area contributed by atoms with Crippen molar-refractivity contribution in [3.63, 3.8) is 0 Å². The van der Waals surface area contributed by atoms with Gasteiger partial charge in [-0.05, 0) is 6.92 Å². The molecule has 3 aromatic rings. The summed E-state index contributed by atoms with van der Waals surface area (Å²) in [6.07, 6.45) is 3.28. The molecule has 10 heteroatoms. The second kappa shape index (κ2) is 5.08. The van der Waals surface area contributed by atoms with Crippen LogP contribution in [-0.4, -0.2) is 22.8 Å². The number of nitrogens with one attached hydrogen (secondary N) is 1. The molecule has 0 saturated heterocycles. The van der Waals surface area contributed by atoms with Gasteiger partial charge in [0.2, 0.25) is 0 Å². The molecule has 0 radical (unpaired) electrons. The predicted octanol–water partition coefficient (Wildman–Crippen LogP) is 2.29. The Kier molecular flexibility index (Phi) is 3.55. The third-order valence-corrected chi connectivity index (χ3v) is 6.01. The Balaban J connectivity index is 1.91. The van der Waals surface area contributed by atoms with E-state index < -0.39 is 10.0 Å². The number of thiazole rings is 2. The number of sulfonamides is 1. The second-order valence-corrected chi connectivity index (χ2v) is 8.17. The molecule has 0 unspecified atom stereocenters. The van der Waals surface area contributed by atoms with Crippen LogP contribution in [0.5, 0.6) is 0 Å². The number of aryl methyl sites for hydroxylation is 1. The fourth-order valence-electron chi connectivity index (χ4n) is 1.70. The molecule has 3 heterocycles. The van der Waals surface area contributed by atoms with E-state index in [9.17, 15) is 8.42 Å². The first kappa shape index (κ1) is 14.0. The summed E-state index contributed by atoms with van der Waals surface area (Å²) in [7, 11) is -3.73. The Morgan fingerprint density at radius 3 is 3.00 bits per heavy atom. The van der Waals surface area contributed by atoms with Crippen LogP contribution in [0.3, 0.4) is 0 Å². The van der Waals surface area contributed by atoms with Crippen molar-refractivity contribution in [2.24, 2.45) is 0 Å². The van der Waals surface area contributed by atoms with Crippen LogP contribution in [0.2, 0.25) is 5.15 Å². The topological polar surface area (TPSA) is 76.4 Å². The van der Waals surface area contributed by atoms with Crippen LogP contribution < -0.4 is 4.72 Å². The predicted molar refractivity (Wildman–Crippen MR) is 79.0 cm³/mol. The van der Waals surface area contributed by atoms with Crippen molar-refractivity contribution in [1.82, 2.24) is 19.1 Å². The molecule has 1 N–H and O–H groups in total. The molecule has 0 bridgehead atoms. The highest BCUT2D eigenvalue weighted by Gasteiger charge is 2.24. The number of imidazole rings is 1. The standard InChI is InChI=1S/C10H9ClN4O2S3/c1-6-12-4-7(19-6)5-13-20(16,17)9-8(11)14-10-15(9)2-3-18-10/h2-4,13H,5H2,1H3. The number of fused-ring (bicyclic) bond motifs is 1. The molecule has 0 aliphatic heterocycles. The Bertz CT molecular complexity index is 864. The van der Waals surface area contributed by atoms with Gasteiger partial charge in [0.15, 0.2) is 15.1 Å². The van der Waals surface area contributed by atoms with Crippen molar-refractivity contribution in [2.45, 2.75) is 18.5 Å².